The topological polar surface area (TPSA) is 46.3 Å². The Hall–Kier alpha value is -0.520. The van der Waals surface area contributed by atoms with Crippen LogP contribution in [0.4, 0.5) is 0 Å². The first-order valence-corrected chi connectivity index (χ1v) is 8.86. The molecule has 2 unspecified atom stereocenters. The van der Waals surface area contributed by atoms with E-state index in [-0.39, 0.29) is 11.9 Å². The van der Waals surface area contributed by atoms with Crippen LogP contribution in [0.2, 0.25) is 0 Å². The Bertz CT molecular complexity index is 462. The van der Waals surface area contributed by atoms with Crippen molar-refractivity contribution in [3.63, 3.8) is 0 Å². The maximum atomic E-state index is 12.6. The first kappa shape index (κ1) is 13.5. The van der Waals surface area contributed by atoms with Gasteiger partial charge in [0, 0.05) is 29.8 Å². The largest absolute Gasteiger partial charge is 0.338 e. The minimum atomic E-state index is 0.211. The van der Waals surface area contributed by atoms with E-state index in [1.165, 1.54) is 16.2 Å². The molecule has 1 aromatic heterocycles. The van der Waals surface area contributed by atoms with Gasteiger partial charge in [-0.2, -0.15) is 11.8 Å². The fourth-order valence-electron chi connectivity index (χ4n) is 2.76. The number of likely N-dealkylation sites (tertiary alicyclic amines) is 1. The Morgan fingerprint density at radius 2 is 2.37 bits per heavy atom. The van der Waals surface area contributed by atoms with Crippen molar-refractivity contribution in [1.29, 1.82) is 0 Å². The number of hydrogen-bond acceptors (Lipinski definition) is 4. The number of nitrogens with zero attached hydrogens (tertiary/aromatic N) is 1. The summed E-state index contributed by atoms with van der Waals surface area (Å²) in [6.45, 7) is 3.75. The summed E-state index contributed by atoms with van der Waals surface area (Å²) in [5.74, 6) is 2.88. The zero-order valence-electron chi connectivity index (χ0n) is 11.2. The molecule has 0 aliphatic carbocycles. The molecule has 1 saturated heterocycles. The SMILES string of the molecule is CC1CN(C(=O)c2cc3c(s2)CCSC3)CCC1N. The van der Waals surface area contributed by atoms with Gasteiger partial charge >= 0.3 is 0 Å². The second kappa shape index (κ2) is 5.46. The Balaban J connectivity index is 1.75. The van der Waals surface area contributed by atoms with Gasteiger partial charge in [-0.05, 0) is 36.1 Å². The van der Waals surface area contributed by atoms with Crippen molar-refractivity contribution in [2.75, 3.05) is 18.8 Å². The molecule has 3 heterocycles. The molecule has 19 heavy (non-hydrogen) atoms. The third-order valence-corrected chi connectivity index (χ3v) is 6.33. The number of amides is 1. The van der Waals surface area contributed by atoms with Crippen LogP contribution in [0.5, 0.6) is 0 Å². The van der Waals surface area contributed by atoms with Crippen molar-refractivity contribution < 1.29 is 4.79 Å². The van der Waals surface area contributed by atoms with Crippen molar-refractivity contribution >= 4 is 29.0 Å². The molecule has 1 amide bonds. The average Bonchev–Trinajstić information content (AvgIpc) is 2.85. The summed E-state index contributed by atoms with van der Waals surface area (Å²) >= 11 is 3.67. The molecule has 3 nitrogen and oxygen atoms in total. The maximum Gasteiger partial charge on any atom is 0.263 e. The summed E-state index contributed by atoms with van der Waals surface area (Å²) < 4.78 is 0. The molecule has 2 aliphatic heterocycles. The lowest BCUT2D eigenvalue weighted by Crippen LogP contribution is -2.48. The number of piperidine rings is 1. The lowest BCUT2D eigenvalue weighted by atomic mass is 9.95. The molecular weight excluding hydrogens is 276 g/mol. The number of carbonyl (C=O) groups excluding carboxylic acids is 1. The van der Waals surface area contributed by atoms with Crippen LogP contribution in [0, 0.1) is 5.92 Å². The van der Waals surface area contributed by atoms with E-state index in [2.05, 4.69) is 13.0 Å². The van der Waals surface area contributed by atoms with Crippen molar-refractivity contribution in [1.82, 2.24) is 4.90 Å². The zero-order valence-corrected chi connectivity index (χ0v) is 12.9. The van der Waals surface area contributed by atoms with Crippen molar-refractivity contribution in [2.45, 2.75) is 31.6 Å². The van der Waals surface area contributed by atoms with Gasteiger partial charge in [-0.15, -0.1) is 11.3 Å². The normalized spacial score (nSPS) is 27.2. The Kier molecular flexibility index (Phi) is 3.87. The molecule has 0 aromatic carbocycles. The van der Waals surface area contributed by atoms with Gasteiger partial charge < -0.3 is 10.6 Å². The molecule has 0 spiro atoms. The maximum absolute atomic E-state index is 12.6. The lowest BCUT2D eigenvalue weighted by Gasteiger charge is -2.34. The number of hydrogen-bond donors (Lipinski definition) is 1. The van der Waals surface area contributed by atoms with Crippen LogP contribution < -0.4 is 5.73 Å². The molecule has 2 atom stereocenters. The summed E-state index contributed by atoms with van der Waals surface area (Å²) in [4.78, 5) is 16.9. The summed E-state index contributed by atoms with van der Waals surface area (Å²) in [6.07, 6.45) is 2.05. The summed E-state index contributed by atoms with van der Waals surface area (Å²) in [6, 6.07) is 2.37. The standard InChI is InChI=1S/C14H20N2OS2/c1-9-7-16(4-2-11(9)15)14(17)13-6-10-8-18-5-3-12(10)19-13/h6,9,11H,2-5,7-8,15H2,1H3. The number of aryl methyl sites for hydroxylation is 1. The molecule has 1 aromatic rings. The number of carbonyl (C=O) groups is 1. The molecule has 1 fully saturated rings. The highest BCUT2D eigenvalue weighted by Gasteiger charge is 2.28. The summed E-state index contributed by atoms with van der Waals surface area (Å²) in [7, 11) is 0. The third-order valence-electron chi connectivity index (χ3n) is 4.10. The van der Waals surface area contributed by atoms with Crippen LogP contribution in [0.3, 0.4) is 0 Å². The fraction of sp³-hybridized carbons (Fsp3) is 0.643. The summed E-state index contributed by atoms with van der Waals surface area (Å²) in [5.41, 5.74) is 7.40. The van der Waals surface area contributed by atoms with E-state index in [1.54, 1.807) is 11.3 Å². The van der Waals surface area contributed by atoms with Crippen molar-refractivity contribution in [3.8, 4) is 0 Å². The number of nitrogens with two attached hydrogens (primary N) is 1. The molecule has 104 valence electrons. The second-order valence-electron chi connectivity index (χ2n) is 5.54. The number of thiophene rings is 1. The first-order chi connectivity index (χ1) is 9.15. The zero-order chi connectivity index (χ0) is 13.4. The summed E-state index contributed by atoms with van der Waals surface area (Å²) in [5, 5.41) is 0. The van der Waals surface area contributed by atoms with Crippen LogP contribution in [0.25, 0.3) is 0 Å². The smallest absolute Gasteiger partial charge is 0.263 e. The van der Waals surface area contributed by atoms with Crippen LogP contribution in [0.15, 0.2) is 6.07 Å². The van der Waals surface area contributed by atoms with Gasteiger partial charge in [-0.3, -0.25) is 4.79 Å². The monoisotopic (exact) mass is 296 g/mol. The number of thioether (sulfide) groups is 1. The first-order valence-electron chi connectivity index (χ1n) is 6.89. The molecule has 0 saturated carbocycles. The van der Waals surface area contributed by atoms with Crippen LogP contribution >= 0.6 is 23.1 Å². The lowest BCUT2D eigenvalue weighted by molar-refractivity contribution is 0.0669. The Morgan fingerprint density at radius 1 is 1.53 bits per heavy atom. The Labute approximate surface area is 122 Å². The predicted octanol–water partition coefficient (Wildman–Crippen LogP) is 2.35. The van der Waals surface area contributed by atoms with Crippen LogP contribution in [-0.4, -0.2) is 35.7 Å². The number of rotatable bonds is 1. The van der Waals surface area contributed by atoms with E-state index < -0.39 is 0 Å². The van der Waals surface area contributed by atoms with E-state index in [0.29, 0.717) is 5.92 Å². The molecule has 3 rings (SSSR count). The van der Waals surface area contributed by atoms with Gasteiger partial charge in [-0.1, -0.05) is 6.92 Å². The minimum Gasteiger partial charge on any atom is -0.338 e. The van der Waals surface area contributed by atoms with Gasteiger partial charge in [0.05, 0.1) is 4.88 Å². The molecular formula is C14H20N2OS2. The Morgan fingerprint density at radius 3 is 3.11 bits per heavy atom. The highest BCUT2D eigenvalue weighted by molar-refractivity contribution is 7.98. The van der Waals surface area contributed by atoms with Crippen LogP contribution in [-0.2, 0) is 12.2 Å². The van der Waals surface area contributed by atoms with Gasteiger partial charge in [0.1, 0.15) is 0 Å². The highest BCUT2D eigenvalue weighted by Crippen LogP contribution is 2.32. The molecule has 2 N–H and O–H groups in total. The van der Waals surface area contributed by atoms with E-state index in [9.17, 15) is 4.79 Å². The third kappa shape index (κ3) is 2.69. The second-order valence-corrected chi connectivity index (χ2v) is 7.78. The number of fused-ring (bicyclic) bond motifs is 1. The molecule has 0 radical (unpaired) electrons. The van der Waals surface area contributed by atoms with Gasteiger partial charge in [0.25, 0.3) is 5.91 Å². The van der Waals surface area contributed by atoms with Crippen molar-refractivity contribution in [3.05, 3.63) is 21.4 Å². The quantitative estimate of drug-likeness (QED) is 0.865. The fourth-order valence-corrected chi connectivity index (χ4v) is 5.10. The minimum absolute atomic E-state index is 0.211. The highest BCUT2D eigenvalue weighted by atomic mass is 32.2. The van der Waals surface area contributed by atoms with E-state index in [0.717, 1.165) is 36.6 Å². The van der Waals surface area contributed by atoms with E-state index >= 15 is 0 Å². The molecule has 2 aliphatic rings. The van der Waals surface area contributed by atoms with Gasteiger partial charge in [0.2, 0.25) is 0 Å². The molecule has 5 heteroatoms. The van der Waals surface area contributed by atoms with E-state index in [4.69, 9.17) is 5.73 Å². The van der Waals surface area contributed by atoms with E-state index in [1.807, 2.05) is 16.7 Å². The molecule has 0 bridgehead atoms. The predicted molar refractivity (Wildman–Crippen MR) is 81.8 cm³/mol. The van der Waals surface area contributed by atoms with Gasteiger partial charge in [-0.25, -0.2) is 0 Å². The average molecular weight is 296 g/mol. The van der Waals surface area contributed by atoms with Crippen LogP contribution in [0.1, 0.15) is 33.5 Å². The van der Waals surface area contributed by atoms with Gasteiger partial charge in [0.15, 0.2) is 0 Å². The van der Waals surface area contributed by atoms with Crippen molar-refractivity contribution in [2.24, 2.45) is 11.7 Å².